The molecule has 140 valence electrons. The first-order valence-corrected chi connectivity index (χ1v) is 9.31. The van der Waals surface area contributed by atoms with E-state index in [-0.39, 0.29) is 12.4 Å². The molecule has 6 heteroatoms. The zero-order valence-corrected chi connectivity index (χ0v) is 15.7. The Morgan fingerprint density at radius 3 is 2.80 bits per heavy atom. The van der Waals surface area contributed by atoms with Crippen LogP contribution in [0.25, 0.3) is 0 Å². The van der Waals surface area contributed by atoms with Crippen LogP contribution >= 0.6 is 12.4 Å². The third-order valence-corrected chi connectivity index (χ3v) is 5.17. The van der Waals surface area contributed by atoms with Gasteiger partial charge in [-0.05, 0) is 63.2 Å². The smallest absolute Gasteiger partial charge is 0.223 e. The molecule has 1 unspecified atom stereocenters. The van der Waals surface area contributed by atoms with Crippen molar-refractivity contribution in [1.29, 1.82) is 0 Å². The second kappa shape index (κ2) is 10.7. The molecule has 0 aliphatic carbocycles. The number of aromatic nitrogens is 1. The SMILES string of the molecule is Cl.O=C(CC1CCOCC1)N(Cc1ccccn1)C1CCCNCC1. The summed E-state index contributed by atoms with van der Waals surface area (Å²) in [5.41, 5.74) is 0.982. The lowest BCUT2D eigenvalue weighted by atomic mass is 9.95. The molecule has 2 fully saturated rings. The predicted molar refractivity (Wildman–Crippen MR) is 101 cm³/mol. The molecule has 1 aromatic heterocycles. The summed E-state index contributed by atoms with van der Waals surface area (Å²) in [5, 5.41) is 3.45. The summed E-state index contributed by atoms with van der Waals surface area (Å²) in [5.74, 6) is 0.765. The van der Waals surface area contributed by atoms with Crippen LogP contribution in [0.4, 0.5) is 0 Å². The third-order valence-electron chi connectivity index (χ3n) is 5.17. The van der Waals surface area contributed by atoms with Crippen LogP contribution in [0.15, 0.2) is 24.4 Å². The van der Waals surface area contributed by atoms with Crippen molar-refractivity contribution in [2.45, 2.75) is 51.1 Å². The van der Waals surface area contributed by atoms with Crippen LogP contribution in [0.5, 0.6) is 0 Å². The van der Waals surface area contributed by atoms with Gasteiger partial charge in [-0.3, -0.25) is 9.78 Å². The fourth-order valence-electron chi connectivity index (χ4n) is 3.71. The molecule has 1 N–H and O–H groups in total. The summed E-state index contributed by atoms with van der Waals surface area (Å²) >= 11 is 0. The van der Waals surface area contributed by atoms with E-state index < -0.39 is 0 Å². The lowest BCUT2D eigenvalue weighted by Gasteiger charge is -2.33. The third kappa shape index (κ3) is 6.24. The lowest BCUT2D eigenvalue weighted by molar-refractivity contribution is -0.136. The van der Waals surface area contributed by atoms with E-state index in [4.69, 9.17) is 4.74 Å². The van der Waals surface area contributed by atoms with Gasteiger partial charge in [0.05, 0.1) is 12.2 Å². The Hall–Kier alpha value is -1.17. The Balaban J connectivity index is 0.00000225. The van der Waals surface area contributed by atoms with Crippen molar-refractivity contribution in [3.8, 4) is 0 Å². The Morgan fingerprint density at radius 2 is 2.04 bits per heavy atom. The molecule has 3 heterocycles. The molecule has 0 bridgehead atoms. The second-order valence-corrected chi connectivity index (χ2v) is 6.94. The van der Waals surface area contributed by atoms with Gasteiger partial charge in [-0.15, -0.1) is 12.4 Å². The Bertz CT molecular complexity index is 501. The lowest BCUT2D eigenvalue weighted by Crippen LogP contribution is -2.41. The topological polar surface area (TPSA) is 54.5 Å². The number of pyridine rings is 1. The summed E-state index contributed by atoms with van der Waals surface area (Å²) in [4.78, 5) is 19.6. The number of hydrogen-bond donors (Lipinski definition) is 1. The molecule has 3 rings (SSSR count). The molecule has 2 aliphatic rings. The van der Waals surface area contributed by atoms with Gasteiger partial charge in [-0.2, -0.15) is 0 Å². The monoisotopic (exact) mass is 367 g/mol. The molecule has 1 atom stereocenters. The molecular formula is C19H30ClN3O2. The van der Waals surface area contributed by atoms with Crippen molar-refractivity contribution in [3.05, 3.63) is 30.1 Å². The number of hydrogen-bond acceptors (Lipinski definition) is 4. The van der Waals surface area contributed by atoms with Crippen LogP contribution in [-0.2, 0) is 16.1 Å². The zero-order valence-electron chi connectivity index (χ0n) is 14.9. The van der Waals surface area contributed by atoms with E-state index in [1.54, 1.807) is 0 Å². The van der Waals surface area contributed by atoms with Gasteiger partial charge in [0.1, 0.15) is 0 Å². The highest BCUT2D eigenvalue weighted by Gasteiger charge is 2.27. The van der Waals surface area contributed by atoms with Gasteiger partial charge in [-0.25, -0.2) is 0 Å². The van der Waals surface area contributed by atoms with E-state index in [0.29, 0.717) is 30.8 Å². The number of rotatable bonds is 5. The first kappa shape index (κ1) is 20.1. The largest absolute Gasteiger partial charge is 0.381 e. The van der Waals surface area contributed by atoms with Crippen molar-refractivity contribution in [2.24, 2.45) is 5.92 Å². The normalized spacial score (nSPS) is 21.8. The summed E-state index contributed by atoms with van der Waals surface area (Å²) in [6.07, 6.45) is 7.73. The maximum atomic E-state index is 13.1. The standard InChI is InChI=1S/C19H29N3O2.ClH/c23-19(14-16-7-12-24-13-8-16)22(15-17-4-1-2-10-21-17)18-5-3-9-20-11-6-18;/h1-2,4,10,16,18,20H,3,5-9,11-15H2;1H. The van der Waals surface area contributed by atoms with Crippen LogP contribution in [0.2, 0.25) is 0 Å². The predicted octanol–water partition coefficient (Wildman–Crippen LogP) is 2.79. The van der Waals surface area contributed by atoms with E-state index in [2.05, 4.69) is 15.2 Å². The molecule has 0 saturated carbocycles. The van der Waals surface area contributed by atoms with Crippen LogP contribution in [0.3, 0.4) is 0 Å². The highest BCUT2D eigenvalue weighted by molar-refractivity contribution is 5.85. The molecule has 25 heavy (non-hydrogen) atoms. The number of halogens is 1. The minimum absolute atomic E-state index is 0. The highest BCUT2D eigenvalue weighted by atomic mass is 35.5. The number of nitrogens with zero attached hydrogens (tertiary/aromatic N) is 2. The molecule has 2 saturated heterocycles. The zero-order chi connectivity index (χ0) is 16.6. The molecule has 0 radical (unpaired) electrons. The van der Waals surface area contributed by atoms with Crippen LogP contribution in [-0.4, -0.2) is 48.1 Å². The minimum Gasteiger partial charge on any atom is -0.381 e. The second-order valence-electron chi connectivity index (χ2n) is 6.94. The summed E-state index contributed by atoms with van der Waals surface area (Å²) < 4.78 is 5.43. The first-order valence-electron chi connectivity index (χ1n) is 9.31. The first-order chi connectivity index (χ1) is 11.8. The van der Waals surface area contributed by atoms with E-state index in [1.807, 2.05) is 24.4 Å². The quantitative estimate of drug-likeness (QED) is 0.869. The number of nitrogens with one attached hydrogen (secondary N) is 1. The molecule has 1 aromatic rings. The summed E-state index contributed by atoms with van der Waals surface area (Å²) in [7, 11) is 0. The van der Waals surface area contributed by atoms with E-state index in [1.165, 1.54) is 0 Å². The van der Waals surface area contributed by atoms with Crippen molar-refractivity contribution < 1.29 is 9.53 Å². The number of amides is 1. The highest BCUT2D eigenvalue weighted by Crippen LogP contribution is 2.23. The fraction of sp³-hybridized carbons (Fsp3) is 0.684. The van der Waals surface area contributed by atoms with E-state index >= 15 is 0 Å². The van der Waals surface area contributed by atoms with Gasteiger partial charge >= 0.3 is 0 Å². The molecule has 0 spiro atoms. The Kier molecular flexibility index (Phi) is 8.65. The van der Waals surface area contributed by atoms with Gasteiger partial charge in [0.25, 0.3) is 0 Å². The molecular weight excluding hydrogens is 338 g/mol. The Labute approximate surface area is 156 Å². The van der Waals surface area contributed by atoms with Crippen molar-refractivity contribution in [1.82, 2.24) is 15.2 Å². The van der Waals surface area contributed by atoms with Crippen molar-refractivity contribution in [3.63, 3.8) is 0 Å². The maximum Gasteiger partial charge on any atom is 0.223 e. The minimum atomic E-state index is 0. The molecule has 1 amide bonds. The number of carbonyl (C=O) groups is 1. The van der Waals surface area contributed by atoms with Crippen LogP contribution in [0, 0.1) is 5.92 Å². The summed E-state index contributed by atoms with van der Waals surface area (Å²) in [6.45, 7) is 4.28. The average molecular weight is 368 g/mol. The Morgan fingerprint density at radius 1 is 1.20 bits per heavy atom. The fourth-order valence-corrected chi connectivity index (χ4v) is 3.71. The molecule has 2 aliphatic heterocycles. The van der Waals surface area contributed by atoms with Gasteiger partial charge in [0.2, 0.25) is 5.91 Å². The maximum absolute atomic E-state index is 13.1. The average Bonchev–Trinajstić information content (AvgIpc) is 2.90. The van der Waals surface area contributed by atoms with Crippen molar-refractivity contribution in [2.75, 3.05) is 26.3 Å². The van der Waals surface area contributed by atoms with Gasteiger partial charge in [0, 0.05) is 31.9 Å². The number of ether oxygens (including phenoxy) is 1. The van der Waals surface area contributed by atoms with Crippen LogP contribution < -0.4 is 5.32 Å². The summed E-state index contributed by atoms with van der Waals surface area (Å²) in [6, 6.07) is 6.27. The van der Waals surface area contributed by atoms with Crippen LogP contribution in [0.1, 0.15) is 44.2 Å². The molecule has 5 nitrogen and oxygen atoms in total. The van der Waals surface area contributed by atoms with Gasteiger partial charge in [0.15, 0.2) is 0 Å². The molecule has 0 aromatic carbocycles. The van der Waals surface area contributed by atoms with Gasteiger partial charge in [-0.1, -0.05) is 6.07 Å². The van der Waals surface area contributed by atoms with E-state index in [0.717, 1.165) is 64.1 Å². The van der Waals surface area contributed by atoms with Crippen molar-refractivity contribution >= 4 is 18.3 Å². The van der Waals surface area contributed by atoms with E-state index in [9.17, 15) is 4.79 Å². The van der Waals surface area contributed by atoms with Gasteiger partial charge < -0.3 is 15.0 Å². The number of carbonyl (C=O) groups excluding carboxylic acids is 1.